The van der Waals surface area contributed by atoms with E-state index in [-0.39, 0.29) is 6.71 Å². The van der Waals surface area contributed by atoms with Gasteiger partial charge in [-0.25, -0.2) is 0 Å². The minimum atomic E-state index is 0.00533. The molecular weight excluding hydrogens is 623 g/mol. The molecule has 0 saturated heterocycles. The predicted octanol–water partition coefficient (Wildman–Crippen LogP) is 10.6. The fraction of sp³-hybridized carbons (Fsp3) is 0. The molecule has 0 aliphatic carbocycles. The van der Waals surface area contributed by atoms with Crippen LogP contribution in [0.1, 0.15) is 0 Å². The number of hydrogen-bond acceptors (Lipinski definition) is 4. The van der Waals surface area contributed by atoms with Crippen LogP contribution >= 0.6 is 0 Å². The van der Waals surface area contributed by atoms with E-state index >= 15 is 0 Å². The van der Waals surface area contributed by atoms with E-state index in [1.807, 2.05) is 0 Å². The lowest BCUT2D eigenvalue weighted by atomic mass is 9.34. The molecule has 238 valence electrons. The number of anilines is 6. The zero-order valence-corrected chi connectivity index (χ0v) is 27.5. The minimum absolute atomic E-state index is 0.00533. The second kappa shape index (κ2) is 10.9. The Bertz CT molecular complexity index is 2810. The maximum atomic E-state index is 6.89. The van der Waals surface area contributed by atoms with Gasteiger partial charge in [0.2, 0.25) is 0 Å². The van der Waals surface area contributed by atoms with Crippen LogP contribution in [0.2, 0.25) is 0 Å². The Labute approximate surface area is 295 Å². The second-order valence-electron chi connectivity index (χ2n) is 13.3. The number of benzene rings is 8. The van der Waals surface area contributed by atoms with E-state index in [9.17, 15) is 0 Å². The average Bonchev–Trinajstić information content (AvgIpc) is 3.57. The van der Waals surface area contributed by atoms with Crippen molar-refractivity contribution < 1.29 is 9.15 Å². The van der Waals surface area contributed by atoms with Gasteiger partial charge in [0, 0.05) is 51.0 Å². The Balaban J connectivity index is 1.08. The van der Waals surface area contributed by atoms with E-state index in [1.54, 1.807) is 0 Å². The molecule has 0 atom stereocenters. The van der Waals surface area contributed by atoms with Crippen LogP contribution in [-0.2, 0) is 0 Å². The molecule has 0 radical (unpaired) electrons. The van der Waals surface area contributed by atoms with E-state index in [1.165, 1.54) is 27.4 Å². The third-order valence-electron chi connectivity index (χ3n) is 10.5. The monoisotopic (exact) mass is 652 g/mol. The fourth-order valence-electron chi connectivity index (χ4n) is 8.25. The molecule has 1 aromatic heterocycles. The average molecular weight is 653 g/mol. The van der Waals surface area contributed by atoms with Crippen molar-refractivity contribution >= 4 is 89.9 Å². The summed E-state index contributed by atoms with van der Waals surface area (Å²) in [4.78, 5) is 4.65. The van der Waals surface area contributed by atoms with Crippen molar-refractivity contribution in [2.75, 3.05) is 9.80 Å². The van der Waals surface area contributed by atoms with Crippen LogP contribution in [0.25, 0.3) is 32.7 Å². The first-order valence-electron chi connectivity index (χ1n) is 17.4. The molecule has 9 aromatic rings. The highest BCUT2D eigenvalue weighted by Gasteiger charge is 2.42. The van der Waals surface area contributed by atoms with Crippen LogP contribution in [0.5, 0.6) is 11.5 Å². The maximum Gasteiger partial charge on any atom is 0.256 e. The molecule has 51 heavy (non-hydrogen) atoms. The normalized spacial score (nSPS) is 12.8. The first-order chi connectivity index (χ1) is 25.3. The molecule has 0 N–H and O–H groups in total. The number of rotatable bonds is 4. The van der Waals surface area contributed by atoms with Crippen LogP contribution in [0.4, 0.5) is 34.1 Å². The molecule has 0 amide bonds. The van der Waals surface area contributed by atoms with Crippen molar-refractivity contribution in [3.8, 4) is 11.5 Å². The summed E-state index contributed by atoms with van der Waals surface area (Å²) in [5.41, 5.74) is 11.8. The highest BCUT2D eigenvalue weighted by Crippen LogP contribution is 2.44. The Kier molecular flexibility index (Phi) is 6.01. The van der Waals surface area contributed by atoms with Crippen molar-refractivity contribution in [1.29, 1.82) is 0 Å². The first kappa shape index (κ1) is 28.2. The number of furan rings is 1. The summed E-state index contributed by atoms with van der Waals surface area (Å²) in [6, 6.07) is 62.3. The van der Waals surface area contributed by atoms with E-state index < -0.39 is 0 Å². The molecule has 0 fully saturated rings. The van der Waals surface area contributed by atoms with Gasteiger partial charge in [-0.15, -0.1) is 0 Å². The van der Waals surface area contributed by atoms with Crippen LogP contribution < -0.4 is 30.9 Å². The van der Waals surface area contributed by atoms with Crippen LogP contribution in [0.3, 0.4) is 0 Å². The van der Waals surface area contributed by atoms with E-state index in [0.29, 0.717) is 0 Å². The van der Waals surface area contributed by atoms with E-state index in [0.717, 1.165) is 67.3 Å². The lowest BCUT2D eigenvalue weighted by molar-refractivity contribution is 0.481. The SMILES string of the molecule is c1ccc(N(c2ccc3ccccc3c2)c2ccc3c(c2)oc2c4c(ccc23)B2c3ccccc3N(c3ccccc3)c3cccc(c32)O4)cc1. The molecule has 0 bridgehead atoms. The van der Waals surface area contributed by atoms with Gasteiger partial charge in [-0.05, 0) is 93.9 Å². The van der Waals surface area contributed by atoms with Gasteiger partial charge in [-0.1, -0.05) is 103 Å². The maximum absolute atomic E-state index is 6.89. The summed E-state index contributed by atoms with van der Waals surface area (Å²) < 4.78 is 13.7. The molecular formula is C46H29BN2O2. The minimum Gasteiger partial charge on any atom is -0.454 e. The number of para-hydroxylation sites is 3. The highest BCUT2D eigenvalue weighted by molar-refractivity contribution is 6.99. The molecule has 3 heterocycles. The van der Waals surface area contributed by atoms with Crippen molar-refractivity contribution in [3.05, 3.63) is 176 Å². The number of fused-ring (bicyclic) bond motifs is 9. The van der Waals surface area contributed by atoms with Crippen molar-refractivity contribution in [3.63, 3.8) is 0 Å². The molecule has 0 spiro atoms. The molecule has 0 unspecified atom stereocenters. The second-order valence-corrected chi connectivity index (χ2v) is 13.3. The van der Waals surface area contributed by atoms with Crippen LogP contribution in [-0.4, -0.2) is 6.71 Å². The number of nitrogens with zero attached hydrogens (tertiary/aromatic N) is 2. The van der Waals surface area contributed by atoms with Crippen molar-refractivity contribution in [1.82, 2.24) is 0 Å². The standard InChI is InChI=1S/C46H29BN2O2/c1-3-14-32(15-4-1)48(34-23-22-30-12-7-8-13-31(30)28-34)35-24-25-36-37-26-27-39-46(45(37)51-43(36)29-35)50-42-21-11-20-41-44(42)47(39)38-18-9-10-19-40(38)49(41)33-16-5-2-6-17-33/h1-29H. The van der Waals surface area contributed by atoms with Gasteiger partial charge in [0.25, 0.3) is 6.71 Å². The Morgan fingerprint density at radius 2 is 1.20 bits per heavy atom. The summed E-state index contributed by atoms with van der Waals surface area (Å²) in [6.45, 7) is 0.00533. The quantitative estimate of drug-likeness (QED) is 0.177. The largest absolute Gasteiger partial charge is 0.454 e. The summed E-state index contributed by atoms with van der Waals surface area (Å²) in [5.74, 6) is 1.65. The van der Waals surface area contributed by atoms with Crippen LogP contribution in [0.15, 0.2) is 180 Å². The van der Waals surface area contributed by atoms with Gasteiger partial charge in [-0.3, -0.25) is 0 Å². The Morgan fingerprint density at radius 3 is 2.08 bits per heavy atom. The molecule has 0 saturated carbocycles. The highest BCUT2D eigenvalue weighted by atomic mass is 16.5. The predicted molar refractivity (Wildman–Crippen MR) is 212 cm³/mol. The van der Waals surface area contributed by atoms with Gasteiger partial charge in [0.15, 0.2) is 11.3 Å². The molecule has 2 aliphatic rings. The third-order valence-corrected chi connectivity index (χ3v) is 10.5. The number of hydrogen-bond donors (Lipinski definition) is 0. The van der Waals surface area contributed by atoms with Gasteiger partial charge in [0.1, 0.15) is 11.3 Å². The third kappa shape index (κ3) is 4.22. The summed E-state index contributed by atoms with van der Waals surface area (Å²) >= 11 is 0. The Hall–Kier alpha value is -6.72. The topological polar surface area (TPSA) is 28.9 Å². The van der Waals surface area contributed by atoms with Gasteiger partial charge < -0.3 is 19.0 Å². The van der Waals surface area contributed by atoms with E-state index in [4.69, 9.17) is 9.15 Å². The van der Waals surface area contributed by atoms with E-state index in [2.05, 4.69) is 186 Å². The fourth-order valence-corrected chi connectivity index (χ4v) is 8.25. The van der Waals surface area contributed by atoms with Crippen molar-refractivity contribution in [2.24, 2.45) is 0 Å². The summed E-state index contributed by atoms with van der Waals surface area (Å²) in [6.07, 6.45) is 0. The van der Waals surface area contributed by atoms with Crippen molar-refractivity contribution in [2.45, 2.75) is 0 Å². The zero-order valence-electron chi connectivity index (χ0n) is 27.5. The van der Waals surface area contributed by atoms with Gasteiger partial charge in [-0.2, -0.15) is 0 Å². The summed E-state index contributed by atoms with van der Waals surface area (Å²) in [7, 11) is 0. The lowest BCUT2D eigenvalue weighted by Crippen LogP contribution is -2.59. The Morgan fingerprint density at radius 1 is 0.490 bits per heavy atom. The molecule has 5 heteroatoms. The molecule has 2 aliphatic heterocycles. The number of ether oxygens (including phenoxy) is 1. The smallest absolute Gasteiger partial charge is 0.256 e. The molecule has 11 rings (SSSR count). The molecule has 4 nitrogen and oxygen atoms in total. The lowest BCUT2D eigenvalue weighted by Gasteiger charge is -2.39. The molecule has 8 aromatic carbocycles. The van der Waals surface area contributed by atoms with Crippen LogP contribution in [0, 0.1) is 0 Å². The van der Waals surface area contributed by atoms with Gasteiger partial charge >= 0.3 is 0 Å². The van der Waals surface area contributed by atoms with Gasteiger partial charge in [0.05, 0.1) is 0 Å². The summed E-state index contributed by atoms with van der Waals surface area (Å²) in [5, 5.41) is 4.52. The zero-order chi connectivity index (χ0) is 33.5. The first-order valence-corrected chi connectivity index (χ1v) is 17.4.